The molecule has 0 N–H and O–H groups in total. The van der Waals surface area contributed by atoms with Crippen LogP contribution in [0.1, 0.15) is 62.8 Å². The molecule has 0 amide bonds. The molecular weight excluding hydrogens is 528 g/mol. The zero-order valence-electron chi connectivity index (χ0n) is 25.8. The van der Waals surface area contributed by atoms with Crippen molar-refractivity contribution in [3.8, 4) is 44.5 Å². The Morgan fingerprint density at radius 2 is 1.00 bits per heavy atom. The van der Waals surface area contributed by atoms with E-state index >= 15 is 0 Å². The van der Waals surface area contributed by atoms with Gasteiger partial charge >= 0.3 is 0 Å². The smallest absolute Gasteiger partial charge is 0.0159 e. The first-order valence-corrected chi connectivity index (χ1v) is 16.2. The van der Waals surface area contributed by atoms with E-state index in [0.29, 0.717) is 0 Å². The van der Waals surface area contributed by atoms with E-state index in [-0.39, 0.29) is 10.8 Å². The van der Waals surface area contributed by atoms with Gasteiger partial charge in [-0.2, -0.15) is 0 Å². The van der Waals surface area contributed by atoms with Crippen LogP contribution in [0.4, 0.5) is 0 Å². The Morgan fingerprint density at radius 3 is 1.64 bits per heavy atom. The van der Waals surface area contributed by atoms with Gasteiger partial charge in [0.1, 0.15) is 0 Å². The molecule has 4 aliphatic rings. The van der Waals surface area contributed by atoms with Crippen molar-refractivity contribution in [1.82, 2.24) is 0 Å². The van der Waals surface area contributed by atoms with Gasteiger partial charge in [-0.05, 0) is 112 Å². The Balaban J connectivity index is 1.49. The number of fused-ring (bicyclic) bond motifs is 4. The molecule has 0 nitrogen and oxygen atoms in total. The van der Waals surface area contributed by atoms with Crippen LogP contribution in [-0.4, -0.2) is 0 Å². The molecule has 0 spiro atoms. The highest BCUT2D eigenvalue weighted by Gasteiger charge is 2.47. The molecular formula is C44H34. The van der Waals surface area contributed by atoms with Gasteiger partial charge < -0.3 is 0 Å². The second-order valence-corrected chi connectivity index (χ2v) is 14.3. The first kappa shape index (κ1) is 24.7. The van der Waals surface area contributed by atoms with E-state index in [0.717, 1.165) is 12.8 Å². The summed E-state index contributed by atoms with van der Waals surface area (Å²) in [6.07, 6.45) is 2.19. The molecule has 6 aromatic rings. The SMILES string of the molecule is CC1(C)C2=c3c4c(cc5c3=C(CC2)c2c-5c(-c3ccccc3)c3ccccc3c2-c2ccccc2)C(C)(C)c2cccc1c2-4. The number of hydrogen-bond donors (Lipinski definition) is 0. The molecule has 0 heterocycles. The zero-order chi connectivity index (χ0) is 29.5. The second kappa shape index (κ2) is 8.07. The maximum atomic E-state index is 2.63. The van der Waals surface area contributed by atoms with E-state index in [1.165, 1.54) is 82.8 Å². The molecule has 0 heteroatoms. The average Bonchev–Trinajstić information content (AvgIpc) is 3.50. The summed E-state index contributed by atoms with van der Waals surface area (Å²) in [4.78, 5) is 0. The summed E-state index contributed by atoms with van der Waals surface area (Å²) >= 11 is 0. The molecule has 0 unspecified atom stereocenters. The summed E-state index contributed by atoms with van der Waals surface area (Å²) in [6.45, 7) is 9.88. The van der Waals surface area contributed by atoms with E-state index in [4.69, 9.17) is 0 Å². The lowest BCUT2D eigenvalue weighted by molar-refractivity contribution is 0.648. The summed E-state index contributed by atoms with van der Waals surface area (Å²) < 4.78 is 0. The molecule has 10 rings (SSSR count). The monoisotopic (exact) mass is 562 g/mol. The molecule has 4 aliphatic carbocycles. The summed E-state index contributed by atoms with van der Waals surface area (Å²) in [7, 11) is 0. The Hall–Kier alpha value is -4.68. The van der Waals surface area contributed by atoms with Crippen LogP contribution in [0.3, 0.4) is 0 Å². The largest absolute Gasteiger partial charge is 0.0622 e. The van der Waals surface area contributed by atoms with Crippen LogP contribution in [0.2, 0.25) is 0 Å². The van der Waals surface area contributed by atoms with Gasteiger partial charge in [-0.15, -0.1) is 0 Å². The zero-order valence-corrected chi connectivity index (χ0v) is 25.8. The first-order chi connectivity index (χ1) is 21.4. The van der Waals surface area contributed by atoms with Crippen molar-refractivity contribution in [2.45, 2.75) is 51.4 Å². The van der Waals surface area contributed by atoms with E-state index < -0.39 is 0 Å². The Kier molecular flexibility index (Phi) is 4.54. The van der Waals surface area contributed by atoms with Gasteiger partial charge in [-0.25, -0.2) is 0 Å². The van der Waals surface area contributed by atoms with Crippen molar-refractivity contribution in [1.29, 1.82) is 0 Å². The van der Waals surface area contributed by atoms with Gasteiger partial charge in [0, 0.05) is 10.8 Å². The fourth-order valence-corrected chi connectivity index (χ4v) is 9.61. The van der Waals surface area contributed by atoms with Crippen molar-refractivity contribution in [2.24, 2.45) is 0 Å². The summed E-state index contributed by atoms with van der Waals surface area (Å²) in [5, 5.41) is 5.77. The molecule has 0 atom stereocenters. The summed E-state index contributed by atoms with van der Waals surface area (Å²) in [5.74, 6) is 0. The molecule has 0 saturated carbocycles. The van der Waals surface area contributed by atoms with Crippen LogP contribution in [-0.2, 0) is 10.8 Å². The van der Waals surface area contributed by atoms with Crippen molar-refractivity contribution in [3.05, 3.63) is 142 Å². The van der Waals surface area contributed by atoms with Gasteiger partial charge in [-0.3, -0.25) is 0 Å². The molecule has 0 fully saturated rings. The fraction of sp³-hybridized carbons (Fsp3) is 0.182. The molecule has 0 bridgehead atoms. The first-order valence-electron chi connectivity index (χ1n) is 16.2. The number of rotatable bonds is 2. The van der Waals surface area contributed by atoms with Crippen LogP contribution in [0, 0.1) is 0 Å². The topological polar surface area (TPSA) is 0 Å². The van der Waals surface area contributed by atoms with Gasteiger partial charge in [0.05, 0.1) is 0 Å². The molecule has 0 aliphatic heterocycles. The van der Waals surface area contributed by atoms with Crippen LogP contribution < -0.4 is 10.4 Å². The van der Waals surface area contributed by atoms with Crippen LogP contribution in [0.25, 0.3) is 66.4 Å². The van der Waals surface area contributed by atoms with Crippen molar-refractivity contribution in [3.63, 3.8) is 0 Å². The van der Waals surface area contributed by atoms with Gasteiger partial charge in [0.2, 0.25) is 0 Å². The Labute approximate surface area is 259 Å². The summed E-state index contributed by atoms with van der Waals surface area (Å²) in [5.41, 5.74) is 20.5. The minimum absolute atomic E-state index is 0.000689. The molecule has 6 aromatic carbocycles. The van der Waals surface area contributed by atoms with Crippen molar-refractivity contribution in [2.75, 3.05) is 0 Å². The van der Waals surface area contributed by atoms with Crippen LogP contribution >= 0.6 is 0 Å². The minimum atomic E-state index is -0.0515. The Bertz CT molecular complexity index is 2400. The third-order valence-corrected chi connectivity index (χ3v) is 11.6. The number of benzene rings is 6. The molecule has 210 valence electrons. The Morgan fingerprint density at radius 1 is 0.432 bits per heavy atom. The van der Waals surface area contributed by atoms with Gasteiger partial charge in [0.25, 0.3) is 0 Å². The lowest BCUT2D eigenvalue weighted by atomic mass is 9.66. The van der Waals surface area contributed by atoms with Gasteiger partial charge in [0.15, 0.2) is 0 Å². The normalized spacial score (nSPS) is 17.2. The third kappa shape index (κ3) is 2.77. The number of hydrogen-bond acceptors (Lipinski definition) is 0. The van der Waals surface area contributed by atoms with Crippen molar-refractivity contribution >= 4 is 21.9 Å². The molecule has 44 heavy (non-hydrogen) atoms. The van der Waals surface area contributed by atoms with Crippen LogP contribution in [0.5, 0.6) is 0 Å². The lowest BCUT2D eigenvalue weighted by Gasteiger charge is -2.37. The highest BCUT2D eigenvalue weighted by atomic mass is 14.5. The maximum absolute atomic E-state index is 2.63. The quantitative estimate of drug-likeness (QED) is 0.197. The lowest BCUT2D eigenvalue weighted by Crippen LogP contribution is -2.42. The second-order valence-electron chi connectivity index (χ2n) is 14.3. The minimum Gasteiger partial charge on any atom is -0.0622 e. The van der Waals surface area contributed by atoms with E-state index in [1.807, 2.05) is 0 Å². The third-order valence-electron chi connectivity index (χ3n) is 11.6. The predicted molar refractivity (Wildman–Crippen MR) is 185 cm³/mol. The van der Waals surface area contributed by atoms with Crippen LogP contribution in [0.15, 0.2) is 109 Å². The van der Waals surface area contributed by atoms with E-state index in [9.17, 15) is 0 Å². The highest BCUT2D eigenvalue weighted by molar-refractivity contribution is 6.18. The fourth-order valence-electron chi connectivity index (χ4n) is 9.61. The standard InChI is InChI=1S/C44H34/c1-43(2)31-20-13-21-32-40(31)42-34(44(32,3)4)24-30-37-29(22-23-33(43)41(37)42)38-35(25-14-7-5-8-15-25)27-18-11-12-19-28(27)36(39(30)38)26-16-9-6-10-17-26/h5-21,24H,22-23H2,1-4H3. The predicted octanol–water partition coefficient (Wildman–Crippen LogP) is 9.90. The molecule has 0 saturated heterocycles. The highest BCUT2D eigenvalue weighted by Crippen LogP contribution is 2.58. The van der Waals surface area contributed by atoms with E-state index in [1.54, 1.807) is 16.4 Å². The van der Waals surface area contributed by atoms with E-state index in [2.05, 4.69) is 137 Å². The summed E-state index contributed by atoms with van der Waals surface area (Å²) in [6, 6.07) is 41.2. The molecule has 0 aromatic heterocycles. The maximum Gasteiger partial charge on any atom is 0.0159 e. The van der Waals surface area contributed by atoms with Gasteiger partial charge in [-0.1, -0.05) is 136 Å². The van der Waals surface area contributed by atoms with Crippen molar-refractivity contribution < 1.29 is 0 Å². The molecule has 0 radical (unpaired) electrons. The average molecular weight is 563 g/mol.